The molecule has 0 aliphatic heterocycles. The van der Waals surface area contributed by atoms with Crippen LogP contribution >= 0.6 is 22.6 Å². The highest BCUT2D eigenvalue weighted by Crippen LogP contribution is 2.14. The van der Waals surface area contributed by atoms with Crippen molar-refractivity contribution in [3.8, 4) is 0 Å². The van der Waals surface area contributed by atoms with Crippen LogP contribution in [0.4, 0.5) is 5.69 Å². The van der Waals surface area contributed by atoms with Gasteiger partial charge in [-0.2, -0.15) is 10.2 Å². The molecule has 4 N–H and O–H groups in total. The highest BCUT2D eigenvalue weighted by atomic mass is 127. The molecule has 0 atom stereocenters. The average molecular weight is 377 g/mol. The molecule has 100 valence electrons. The van der Waals surface area contributed by atoms with Crippen molar-refractivity contribution in [1.29, 1.82) is 0 Å². The minimum absolute atomic E-state index is 0.761. The third-order valence-electron chi connectivity index (χ3n) is 2.87. The summed E-state index contributed by atoms with van der Waals surface area (Å²) >= 11 is 2.28. The molecular weight excluding hydrogens is 365 g/mol. The third-order valence-corrected chi connectivity index (χ3v) is 3.54. The van der Waals surface area contributed by atoms with Gasteiger partial charge in [-0.15, -0.1) is 0 Å². The molecule has 6 heteroatoms. The van der Waals surface area contributed by atoms with Crippen LogP contribution in [0.3, 0.4) is 0 Å². The molecule has 2 aromatic heterocycles. The Morgan fingerprint density at radius 1 is 0.850 bits per heavy atom. The molecule has 4 aromatic rings. The van der Waals surface area contributed by atoms with Crippen LogP contribution in [0.5, 0.6) is 0 Å². The first-order chi connectivity index (χ1) is 9.72. The zero-order valence-electron chi connectivity index (χ0n) is 10.5. The Morgan fingerprint density at radius 2 is 1.45 bits per heavy atom. The molecule has 0 saturated carbocycles. The number of nitrogens with two attached hydrogens (primary N) is 1. The summed E-state index contributed by atoms with van der Waals surface area (Å²) in [6.07, 6.45) is 3.60. The van der Waals surface area contributed by atoms with Crippen molar-refractivity contribution in [2.45, 2.75) is 0 Å². The predicted octanol–water partition coefficient (Wildman–Crippen LogP) is 3.31. The van der Waals surface area contributed by atoms with Crippen LogP contribution in [-0.4, -0.2) is 20.4 Å². The van der Waals surface area contributed by atoms with E-state index >= 15 is 0 Å². The molecule has 0 aliphatic carbocycles. The summed E-state index contributed by atoms with van der Waals surface area (Å²) in [6, 6.07) is 11.9. The van der Waals surface area contributed by atoms with Gasteiger partial charge in [0.2, 0.25) is 0 Å². The Hall–Kier alpha value is -2.09. The highest BCUT2D eigenvalue weighted by Gasteiger charge is 1.93. The fourth-order valence-corrected chi connectivity index (χ4v) is 2.36. The number of halogens is 1. The van der Waals surface area contributed by atoms with Crippen molar-refractivity contribution in [2.75, 3.05) is 5.73 Å². The maximum Gasteiger partial charge on any atom is 0.0670 e. The zero-order chi connectivity index (χ0) is 13.9. The highest BCUT2D eigenvalue weighted by molar-refractivity contribution is 14.1. The van der Waals surface area contributed by atoms with Gasteiger partial charge in [0.1, 0.15) is 0 Å². The Morgan fingerprint density at radius 3 is 2.15 bits per heavy atom. The summed E-state index contributed by atoms with van der Waals surface area (Å²) in [4.78, 5) is 0. The summed E-state index contributed by atoms with van der Waals surface area (Å²) in [7, 11) is 0. The molecule has 0 radical (unpaired) electrons. The van der Waals surface area contributed by atoms with E-state index in [-0.39, 0.29) is 0 Å². The largest absolute Gasteiger partial charge is 0.399 e. The number of benzene rings is 2. The quantitative estimate of drug-likeness (QED) is 0.325. The lowest BCUT2D eigenvalue weighted by Gasteiger charge is -1.89. The van der Waals surface area contributed by atoms with Crippen LogP contribution in [0.2, 0.25) is 0 Å². The van der Waals surface area contributed by atoms with Gasteiger partial charge in [0, 0.05) is 20.0 Å². The Balaban J connectivity index is 0.000000121. The van der Waals surface area contributed by atoms with Gasteiger partial charge in [-0.3, -0.25) is 10.2 Å². The number of H-pyrrole nitrogens is 2. The van der Waals surface area contributed by atoms with Crippen LogP contribution < -0.4 is 5.73 Å². The van der Waals surface area contributed by atoms with Gasteiger partial charge in [-0.1, -0.05) is 6.07 Å². The number of rotatable bonds is 0. The number of aromatic amines is 2. The van der Waals surface area contributed by atoms with Gasteiger partial charge >= 0.3 is 0 Å². The van der Waals surface area contributed by atoms with Crippen LogP contribution in [0, 0.1) is 3.57 Å². The SMILES string of the molecule is Ic1ccc2cn[nH]c2c1.Nc1ccc2cn[nH]c2c1. The van der Waals surface area contributed by atoms with Crippen LogP contribution in [0.1, 0.15) is 0 Å². The minimum Gasteiger partial charge on any atom is -0.399 e. The smallest absolute Gasteiger partial charge is 0.0670 e. The monoisotopic (exact) mass is 377 g/mol. The lowest BCUT2D eigenvalue weighted by molar-refractivity contribution is 1.12. The van der Waals surface area contributed by atoms with Crippen molar-refractivity contribution in [3.05, 3.63) is 52.4 Å². The number of fused-ring (bicyclic) bond motifs is 2. The molecule has 0 spiro atoms. The molecule has 0 unspecified atom stereocenters. The normalized spacial score (nSPS) is 10.4. The summed E-state index contributed by atoms with van der Waals surface area (Å²) in [5.74, 6) is 0. The molecule has 0 fully saturated rings. The summed E-state index contributed by atoms with van der Waals surface area (Å²) in [5, 5.41) is 15.8. The van der Waals surface area contributed by atoms with E-state index in [4.69, 9.17) is 5.73 Å². The average Bonchev–Trinajstić information content (AvgIpc) is 3.06. The van der Waals surface area contributed by atoms with Gasteiger partial charge in [0.25, 0.3) is 0 Å². The maximum absolute atomic E-state index is 5.54. The molecule has 0 bridgehead atoms. The first kappa shape index (κ1) is 12.9. The van der Waals surface area contributed by atoms with Crippen molar-refractivity contribution in [2.24, 2.45) is 0 Å². The molecule has 4 rings (SSSR count). The molecule has 5 nitrogen and oxygen atoms in total. The molecule has 2 heterocycles. The van der Waals surface area contributed by atoms with E-state index in [0.29, 0.717) is 0 Å². The van der Waals surface area contributed by atoms with Crippen LogP contribution in [0.15, 0.2) is 48.8 Å². The number of nitrogen functional groups attached to an aromatic ring is 1. The molecule has 0 saturated heterocycles. The summed E-state index contributed by atoms with van der Waals surface area (Å²) in [6.45, 7) is 0. The molecule has 2 aromatic carbocycles. The number of hydrogen-bond acceptors (Lipinski definition) is 3. The molecule has 20 heavy (non-hydrogen) atoms. The number of nitrogens with zero attached hydrogens (tertiary/aromatic N) is 2. The second-order valence-electron chi connectivity index (χ2n) is 4.32. The number of aromatic nitrogens is 4. The van der Waals surface area contributed by atoms with Crippen molar-refractivity contribution in [3.63, 3.8) is 0 Å². The van der Waals surface area contributed by atoms with E-state index in [1.165, 1.54) is 8.96 Å². The molecule has 0 aliphatic rings. The molecule has 0 amide bonds. The van der Waals surface area contributed by atoms with E-state index < -0.39 is 0 Å². The fraction of sp³-hybridized carbons (Fsp3) is 0. The maximum atomic E-state index is 5.54. The second-order valence-corrected chi connectivity index (χ2v) is 5.56. The van der Waals surface area contributed by atoms with Gasteiger partial charge in [-0.25, -0.2) is 0 Å². The zero-order valence-corrected chi connectivity index (χ0v) is 12.6. The van der Waals surface area contributed by atoms with Crippen LogP contribution in [0.25, 0.3) is 21.8 Å². The second kappa shape index (κ2) is 5.49. The number of nitrogens with one attached hydrogen (secondary N) is 2. The van der Waals surface area contributed by atoms with E-state index in [2.05, 4.69) is 61.2 Å². The summed E-state index contributed by atoms with van der Waals surface area (Å²) in [5.41, 5.74) is 8.39. The number of anilines is 1. The van der Waals surface area contributed by atoms with Gasteiger partial charge < -0.3 is 5.73 Å². The Labute approximate surface area is 128 Å². The van der Waals surface area contributed by atoms with Gasteiger partial charge in [0.15, 0.2) is 0 Å². The van der Waals surface area contributed by atoms with Crippen molar-refractivity contribution in [1.82, 2.24) is 20.4 Å². The lowest BCUT2D eigenvalue weighted by Crippen LogP contribution is -1.81. The van der Waals surface area contributed by atoms with E-state index in [0.717, 1.165) is 22.1 Å². The topological polar surface area (TPSA) is 83.4 Å². The lowest BCUT2D eigenvalue weighted by atomic mass is 10.2. The fourth-order valence-electron chi connectivity index (χ4n) is 1.86. The first-order valence-corrected chi connectivity index (χ1v) is 7.07. The minimum atomic E-state index is 0.761. The summed E-state index contributed by atoms with van der Waals surface area (Å²) < 4.78 is 1.23. The molecular formula is C14H12IN5. The van der Waals surface area contributed by atoms with E-state index in [1.54, 1.807) is 6.20 Å². The Kier molecular flexibility index (Phi) is 3.55. The number of hydrogen-bond donors (Lipinski definition) is 3. The standard InChI is InChI=1S/C7H5IN2.C7H7N3/c2*8-6-2-1-5-4-9-10-7(5)3-6/h1-4H,(H,9,10);1-4H,8H2,(H,9,10). The van der Waals surface area contributed by atoms with E-state index in [9.17, 15) is 0 Å². The van der Waals surface area contributed by atoms with Gasteiger partial charge in [0.05, 0.1) is 23.4 Å². The van der Waals surface area contributed by atoms with Crippen LogP contribution in [-0.2, 0) is 0 Å². The third kappa shape index (κ3) is 2.74. The van der Waals surface area contributed by atoms with E-state index in [1.807, 2.05) is 24.4 Å². The van der Waals surface area contributed by atoms with Gasteiger partial charge in [-0.05, 0) is 52.9 Å². The first-order valence-electron chi connectivity index (χ1n) is 5.99. The Bertz CT molecular complexity index is 777. The van der Waals surface area contributed by atoms with Crippen molar-refractivity contribution >= 4 is 50.1 Å². The predicted molar refractivity (Wildman–Crippen MR) is 89.3 cm³/mol. The van der Waals surface area contributed by atoms with Crippen molar-refractivity contribution < 1.29 is 0 Å².